The van der Waals surface area contributed by atoms with Crippen LogP contribution in [0.15, 0.2) is 42.2 Å². The molecule has 0 unspecified atom stereocenters. The number of nitrogens with one attached hydrogen (secondary N) is 1. The Hall–Kier alpha value is -2.50. The Morgan fingerprint density at radius 2 is 1.92 bits per heavy atom. The summed E-state index contributed by atoms with van der Waals surface area (Å²) >= 11 is 6.02. The first-order valence-electron chi connectivity index (χ1n) is 7.97. The van der Waals surface area contributed by atoms with Gasteiger partial charge < -0.3 is 9.84 Å². The minimum atomic E-state index is -0.113. The van der Waals surface area contributed by atoms with Gasteiger partial charge in [-0.2, -0.15) is 0 Å². The lowest BCUT2D eigenvalue weighted by atomic mass is 9.96. The summed E-state index contributed by atoms with van der Waals surface area (Å²) in [5.41, 5.74) is 4.22. The lowest BCUT2D eigenvalue weighted by Crippen LogP contribution is -2.06. The van der Waals surface area contributed by atoms with Gasteiger partial charge in [-0.1, -0.05) is 24.6 Å². The Morgan fingerprint density at radius 3 is 2.52 bits per heavy atom. The van der Waals surface area contributed by atoms with E-state index in [1.54, 1.807) is 30.3 Å². The molecule has 1 aliphatic carbocycles. The molecule has 0 saturated heterocycles. The fourth-order valence-electron chi connectivity index (χ4n) is 2.88. The van der Waals surface area contributed by atoms with Gasteiger partial charge in [0.1, 0.15) is 11.5 Å². The molecule has 0 bridgehead atoms. The third-order valence-electron chi connectivity index (χ3n) is 4.17. The second-order valence-electron chi connectivity index (χ2n) is 5.75. The molecular weight excluding hydrogens is 342 g/mol. The van der Waals surface area contributed by atoms with Crippen molar-refractivity contribution in [1.29, 1.82) is 0 Å². The third kappa shape index (κ3) is 3.48. The zero-order chi connectivity index (χ0) is 18.0. The number of ketones is 1. The molecule has 0 aliphatic heterocycles. The maximum Gasteiger partial charge on any atom is 0.162 e. The predicted octanol–water partition coefficient (Wildman–Crippen LogP) is 3.93. The van der Waals surface area contributed by atoms with E-state index in [4.69, 9.17) is 21.5 Å². The zero-order valence-electron chi connectivity index (χ0n) is 13.6. The Bertz CT molecular complexity index is 860. The van der Waals surface area contributed by atoms with Crippen molar-refractivity contribution in [3.63, 3.8) is 0 Å². The largest absolute Gasteiger partial charge is 0.875 e. The summed E-state index contributed by atoms with van der Waals surface area (Å²) in [6.45, 7) is 1.98. The number of ether oxygens (including phenoxy) is 1. The zero-order valence-corrected chi connectivity index (χ0v) is 14.4. The minimum Gasteiger partial charge on any atom is -0.875 e. The lowest BCUT2D eigenvalue weighted by Gasteiger charge is -2.16. The van der Waals surface area contributed by atoms with E-state index in [2.05, 4.69) is 0 Å². The van der Waals surface area contributed by atoms with Gasteiger partial charge in [0.25, 0.3) is 0 Å². The number of halogens is 1. The third-order valence-corrected chi connectivity index (χ3v) is 4.48. The van der Waals surface area contributed by atoms with Crippen molar-refractivity contribution >= 4 is 28.6 Å². The molecule has 0 fully saturated rings. The molecule has 0 atom stereocenters. The number of hydrogen-bond acceptors (Lipinski definition) is 5. The van der Waals surface area contributed by atoms with Gasteiger partial charge >= 0.3 is 0 Å². The predicted molar refractivity (Wildman–Crippen MR) is 93.9 cm³/mol. The first-order chi connectivity index (χ1) is 12.0. The van der Waals surface area contributed by atoms with Crippen LogP contribution in [0.5, 0.6) is 11.5 Å². The van der Waals surface area contributed by atoms with Crippen LogP contribution in [0, 0.1) is 0 Å². The second kappa shape index (κ2) is 7.17. The first-order valence-corrected chi connectivity index (χ1v) is 8.35. The van der Waals surface area contributed by atoms with E-state index in [1.165, 1.54) is 0 Å². The molecule has 0 aromatic heterocycles. The van der Waals surface area contributed by atoms with Crippen molar-refractivity contribution in [2.75, 3.05) is 5.48 Å². The topological polar surface area (TPSA) is 81.6 Å². The number of anilines is 1. The standard InChI is InChI=1S/C19H18ClNO4/c1-2-11-3-4-12(9-14(11)19-17(22)7-8-18(19)23)25-13-5-6-16(21-24)15(20)10-13/h3-6,9-10,21-22,24H,2,7-8H2,1H3/p-1. The number of rotatable bonds is 5. The summed E-state index contributed by atoms with van der Waals surface area (Å²) < 4.78 is 5.80. The second-order valence-corrected chi connectivity index (χ2v) is 6.16. The maximum atomic E-state index is 12.1. The summed E-state index contributed by atoms with van der Waals surface area (Å²) in [5, 5.41) is 21.3. The van der Waals surface area contributed by atoms with Crippen LogP contribution in [0.1, 0.15) is 30.9 Å². The van der Waals surface area contributed by atoms with Crippen molar-refractivity contribution < 1.29 is 19.8 Å². The molecule has 0 spiro atoms. The first kappa shape index (κ1) is 17.3. The molecular formula is C19H17ClNO4-. The highest BCUT2D eigenvalue weighted by molar-refractivity contribution is 6.33. The maximum absolute atomic E-state index is 12.1. The molecule has 2 aromatic rings. The lowest BCUT2D eigenvalue weighted by molar-refractivity contribution is -0.303. The Kier molecular flexibility index (Phi) is 4.97. The van der Waals surface area contributed by atoms with Crippen LogP contribution in [0.3, 0.4) is 0 Å². The van der Waals surface area contributed by atoms with E-state index in [0.717, 1.165) is 5.56 Å². The molecule has 5 nitrogen and oxygen atoms in total. The van der Waals surface area contributed by atoms with E-state index in [1.807, 2.05) is 18.5 Å². The number of carbonyl (C=O) groups excluding carboxylic acids is 1. The van der Waals surface area contributed by atoms with Crippen LogP contribution in [-0.2, 0) is 11.2 Å². The summed E-state index contributed by atoms with van der Waals surface area (Å²) in [4.78, 5) is 12.1. The number of benzene rings is 2. The number of aryl methyl sites for hydroxylation is 1. The van der Waals surface area contributed by atoms with Gasteiger partial charge in [-0.3, -0.25) is 15.5 Å². The highest BCUT2D eigenvalue weighted by Gasteiger charge is 2.21. The van der Waals surface area contributed by atoms with Crippen molar-refractivity contribution in [2.45, 2.75) is 26.2 Å². The Labute approximate surface area is 150 Å². The molecule has 6 heteroatoms. The van der Waals surface area contributed by atoms with Crippen molar-refractivity contribution in [3.05, 3.63) is 58.3 Å². The van der Waals surface area contributed by atoms with E-state index in [9.17, 15) is 9.90 Å². The molecule has 130 valence electrons. The minimum absolute atomic E-state index is 0.113. The quantitative estimate of drug-likeness (QED) is 0.791. The van der Waals surface area contributed by atoms with Crippen LogP contribution >= 0.6 is 11.6 Å². The summed E-state index contributed by atoms with van der Waals surface area (Å²) in [6, 6.07) is 10.2. The monoisotopic (exact) mass is 358 g/mol. The summed E-state index contributed by atoms with van der Waals surface area (Å²) in [5.74, 6) is 0.762. The number of allylic oxidation sites excluding steroid dienone is 2. The molecule has 0 heterocycles. The van der Waals surface area contributed by atoms with Crippen molar-refractivity contribution in [2.24, 2.45) is 0 Å². The molecule has 2 N–H and O–H groups in total. The Morgan fingerprint density at radius 1 is 1.20 bits per heavy atom. The van der Waals surface area contributed by atoms with Gasteiger partial charge in [-0.05, 0) is 48.2 Å². The van der Waals surface area contributed by atoms with E-state index in [0.29, 0.717) is 34.2 Å². The van der Waals surface area contributed by atoms with Crippen LogP contribution in [0.4, 0.5) is 5.69 Å². The summed E-state index contributed by atoms with van der Waals surface area (Å²) in [7, 11) is 0. The Balaban J connectivity index is 1.96. The van der Waals surface area contributed by atoms with Crippen LogP contribution in [0.2, 0.25) is 5.02 Å². The average Bonchev–Trinajstić information content (AvgIpc) is 2.93. The number of hydrogen-bond donors (Lipinski definition) is 2. The fraction of sp³-hybridized carbons (Fsp3) is 0.211. The van der Waals surface area contributed by atoms with E-state index in [-0.39, 0.29) is 30.0 Å². The number of carbonyl (C=O) groups is 1. The highest BCUT2D eigenvalue weighted by atomic mass is 35.5. The smallest absolute Gasteiger partial charge is 0.162 e. The SMILES string of the molecule is CCc1ccc(Oc2ccc(NO)c(Cl)c2)cc1C1=C([O-])CCC1=O. The van der Waals surface area contributed by atoms with Gasteiger partial charge in [0.15, 0.2) is 5.78 Å². The highest BCUT2D eigenvalue weighted by Crippen LogP contribution is 2.35. The van der Waals surface area contributed by atoms with Crippen LogP contribution in [-0.4, -0.2) is 11.0 Å². The molecule has 1 aliphatic rings. The molecule has 0 amide bonds. The molecule has 0 saturated carbocycles. The van der Waals surface area contributed by atoms with Gasteiger partial charge in [0.05, 0.1) is 10.7 Å². The molecule has 2 aromatic carbocycles. The van der Waals surface area contributed by atoms with Gasteiger partial charge in [-0.25, -0.2) is 0 Å². The van der Waals surface area contributed by atoms with Gasteiger partial charge in [-0.15, -0.1) is 5.76 Å². The average molecular weight is 359 g/mol. The van der Waals surface area contributed by atoms with Crippen LogP contribution < -0.4 is 15.3 Å². The fourth-order valence-corrected chi connectivity index (χ4v) is 3.09. The van der Waals surface area contributed by atoms with Gasteiger partial charge in [0, 0.05) is 18.1 Å². The van der Waals surface area contributed by atoms with Gasteiger partial charge in [0.2, 0.25) is 0 Å². The molecule has 0 radical (unpaired) electrons. The number of Topliss-reactive ketones (excluding diaryl/α,β-unsaturated/α-hetero) is 1. The van der Waals surface area contributed by atoms with Crippen molar-refractivity contribution in [3.8, 4) is 11.5 Å². The van der Waals surface area contributed by atoms with Crippen molar-refractivity contribution in [1.82, 2.24) is 0 Å². The van der Waals surface area contributed by atoms with E-state index < -0.39 is 0 Å². The molecule has 25 heavy (non-hydrogen) atoms. The molecule has 3 rings (SSSR count). The van der Waals surface area contributed by atoms with Crippen LogP contribution in [0.25, 0.3) is 5.57 Å². The summed E-state index contributed by atoms with van der Waals surface area (Å²) in [6.07, 6.45) is 1.25. The van der Waals surface area contributed by atoms with E-state index >= 15 is 0 Å². The normalized spacial score (nSPS) is 14.1.